The summed E-state index contributed by atoms with van der Waals surface area (Å²) >= 11 is 0. The first kappa shape index (κ1) is 19.2. The smallest absolute Gasteiger partial charge is 0.342 e. The minimum Gasteiger partial charge on any atom is -0.488 e. The van der Waals surface area contributed by atoms with Gasteiger partial charge >= 0.3 is 5.97 Å². The lowest BCUT2D eigenvalue weighted by atomic mass is 10.1. The van der Waals surface area contributed by atoms with Crippen molar-refractivity contribution >= 4 is 11.8 Å². The summed E-state index contributed by atoms with van der Waals surface area (Å²) in [6.07, 6.45) is 0. The first-order valence-electron chi connectivity index (χ1n) is 8.45. The minimum atomic E-state index is -0.881. The second kappa shape index (κ2) is 8.90. The summed E-state index contributed by atoms with van der Waals surface area (Å²) in [6, 6.07) is 18.3. The van der Waals surface area contributed by atoms with E-state index < -0.39 is 35.6 Å². The number of hydrogen-bond acceptors (Lipinski definition) is 4. The van der Waals surface area contributed by atoms with Crippen LogP contribution in [0.1, 0.15) is 26.3 Å². The molecular weight excluding hydrogens is 366 g/mol. The molecule has 3 rings (SSSR count). The topological polar surface area (TPSA) is 52.6 Å². The first-order valence-corrected chi connectivity index (χ1v) is 8.45. The van der Waals surface area contributed by atoms with Gasteiger partial charge in [-0.25, -0.2) is 13.6 Å². The van der Waals surface area contributed by atoms with Crippen molar-refractivity contribution in [2.24, 2.45) is 0 Å². The molecule has 6 heteroatoms. The fourth-order valence-corrected chi connectivity index (χ4v) is 2.49. The summed E-state index contributed by atoms with van der Waals surface area (Å²) in [5.74, 6) is -2.98. The molecule has 0 aliphatic carbocycles. The number of carbonyl (C=O) groups is 2. The van der Waals surface area contributed by atoms with Gasteiger partial charge in [0.15, 0.2) is 6.61 Å². The molecule has 3 aromatic rings. The van der Waals surface area contributed by atoms with E-state index in [1.807, 2.05) is 30.3 Å². The molecule has 0 saturated carbocycles. The Labute approximate surface area is 160 Å². The zero-order valence-corrected chi connectivity index (χ0v) is 14.7. The van der Waals surface area contributed by atoms with Crippen LogP contribution in [-0.2, 0) is 11.3 Å². The summed E-state index contributed by atoms with van der Waals surface area (Å²) in [5, 5.41) is 0. The van der Waals surface area contributed by atoms with E-state index in [2.05, 4.69) is 0 Å². The van der Waals surface area contributed by atoms with E-state index in [1.165, 1.54) is 6.07 Å². The van der Waals surface area contributed by atoms with Gasteiger partial charge in [0, 0.05) is 0 Å². The molecule has 0 fully saturated rings. The van der Waals surface area contributed by atoms with E-state index in [0.29, 0.717) is 5.75 Å². The second-order valence-electron chi connectivity index (χ2n) is 5.89. The molecule has 0 bridgehead atoms. The summed E-state index contributed by atoms with van der Waals surface area (Å²) < 4.78 is 37.5. The summed E-state index contributed by atoms with van der Waals surface area (Å²) in [4.78, 5) is 24.4. The van der Waals surface area contributed by atoms with Crippen molar-refractivity contribution in [2.75, 3.05) is 6.61 Å². The molecule has 0 radical (unpaired) electrons. The number of rotatable bonds is 7. The van der Waals surface area contributed by atoms with E-state index in [0.717, 1.165) is 23.8 Å². The lowest BCUT2D eigenvalue weighted by Gasteiger charge is -2.11. The van der Waals surface area contributed by atoms with Crippen LogP contribution in [0.3, 0.4) is 0 Å². The maximum Gasteiger partial charge on any atom is 0.342 e. The van der Waals surface area contributed by atoms with Gasteiger partial charge in [-0.15, -0.1) is 0 Å². The molecule has 3 aromatic carbocycles. The highest BCUT2D eigenvalue weighted by Crippen LogP contribution is 2.21. The number of Topliss-reactive ketones (excluding diaryl/α,β-unsaturated/α-hetero) is 1. The summed E-state index contributed by atoms with van der Waals surface area (Å²) in [7, 11) is 0. The molecule has 0 aliphatic rings. The molecule has 0 amide bonds. The number of carbonyl (C=O) groups excluding carboxylic acids is 2. The maximum atomic E-state index is 13.6. The Morgan fingerprint density at radius 1 is 0.821 bits per heavy atom. The molecule has 142 valence electrons. The van der Waals surface area contributed by atoms with Crippen LogP contribution in [0.4, 0.5) is 8.78 Å². The van der Waals surface area contributed by atoms with Crippen molar-refractivity contribution in [3.8, 4) is 5.75 Å². The minimum absolute atomic E-state index is 0.131. The van der Waals surface area contributed by atoms with E-state index in [4.69, 9.17) is 9.47 Å². The lowest BCUT2D eigenvalue weighted by Crippen LogP contribution is -2.16. The van der Waals surface area contributed by atoms with E-state index in [-0.39, 0.29) is 12.2 Å². The Kier molecular flexibility index (Phi) is 6.11. The standard InChI is InChI=1S/C22H16F2O4/c23-16-10-11-19(24)18(12-16)20(25)14-28-22(26)17-8-4-5-9-21(17)27-13-15-6-2-1-3-7-15/h1-12H,13-14H2. The first-order chi connectivity index (χ1) is 13.5. The summed E-state index contributed by atoms with van der Waals surface area (Å²) in [6.45, 7) is -0.467. The van der Waals surface area contributed by atoms with Crippen molar-refractivity contribution in [1.82, 2.24) is 0 Å². The van der Waals surface area contributed by atoms with Crippen LogP contribution < -0.4 is 4.74 Å². The number of para-hydroxylation sites is 1. The summed E-state index contributed by atoms with van der Waals surface area (Å²) in [5.41, 5.74) is 0.579. The highest BCUT2D eigenvalue weighted by atomic mass is 19.1. The van der Waals surface area contributed by atoms with Gasteiger partial charge in [0.2, 0.25) is 5.78 Å². The Balaban J connectivity index is 1.66. The highest BCUT2D eigenvalue weighted by Gasteiger charge is 2.18. The molecule has 28 heavy (non-hydrogen) atoms. The van der Waals surface area contributed by atoms with Gasteiger partial charge < -0.3 is 9.47 Å². The zero-order valence-electron chi connectivity index (χ0n) is 14.7. The highest BCUT2D eigenvalue weighted by molar-refractivity contribution is 6.00. The molecule has 0 aliphatic heterocycles. The van der Waals surface area contributed by atoms with Crippen molar-refractivity contribution in [2.45, 2.75) is 6.61 Å². The predicted octanol–water partition coefficient (Wildman–Crippen LogP) is 4.58. The quantitative estimate of drug-likeness (QED) is 0.443. The van der Waals surface area contributed by atoms with Crippen molar-refractivity contribution in [3.63, 3.8) is 0 Å². The van der Waals surface area contributed by atoms with Gasteiger partial charge in [-0.3, -0.25) is 4.79 Å². The molecular formula is C22H16F2O4. The van der Waals surface area contributed by atoms with Crippen LogP contribution in [0.25, 0.3) is 0 Å². The zero-order chi connectivity index (χ0) is 19.9. The van der Waals surface area contributed by atoms with Crippen LogP contribution in [0.2, 0.25) is 0 Å². The molecule has 0 heterocycles. The predicted molar refractivity (Wildman–Crippen MR) is 98.2 cm³/mol. The van der Waals surface area contributed by atoms with Crippen LogP contribution >= 0.6 is 0 Å². The maximum absolute atomic E-state index is 13.6. The Morgan fingerprint density at radius 2 is 1.54 bits per heavy atom. The van der Waals surface area contributed by atoms with Gasteiger partial charge in [0.25, 0.3) is 0 Å². The molecule has 4 nitrogen and oxygen atoms in total. The monoisotopic (exact) mass is 382 g/mol. The van der Waals surface area contributed by atoms with Crippen LogP contribution in [0, 0.1) is 11.6 Å². The van der Waals surface area contributed by atoms with Crippen molar-refractivity contribution in [3.05, 3.63) is 101 Å². The average Bonchev–Trinajstić information content (AvgIpc) is 2.73. The number of halogens is 2. The second-order valence-corrected chi connectivity index (χ2v) is 5.89. The van der Waals surface area contributed by atoms with Crippen LogP contribution in [0.15, 0.2) is 72.8 Å². The van der Waals surface area contributed by atoms with Gasteiger partial charge in [0.1, 0.15) is 29.6 Å². The van der Waals surface area contributed by atoms with Gasteiger partial charge in [-0.05, 0) is 35.9 Å². The van der Waals surface area contributed by atoms with E-state index in [9.17, 15) is 18.4 Å². The number of benzene rings is 3. The third kappa shape index (κ3) is 4.79. The fraction of sp³-hybridized carbons (Fsp3) is 0.0909. The van der Waals surface area contributed by atoms with Gasteiger partial charge in [-0.2, -0.15) is 0 Å². The molecule has 0 unspecified atom stereocenters. The Hall–Kier alpha value is -3.54. The number of hydrogen-bond donors (Lipinski definition) is 0. The number of esters is 1. The molecule has 0 N–H and O–H groups in total. The molecule has 0 spiro atoms. The van der Waals surface area contributed by atoms with Crippen LogP contribution in [-0.4, -0.2) is 18.4 Å². The van der Waals surface area contributed by atoms with Crippen molar-refractivity contribution < 1.29 is 27.8 Å². The number of ketones is 1. The third-order valence-corrected chi connectivity index (χ3v) is 3.91. The average molecular weight is 382 g/mol. The third-order valence-electron chi connectivity index (χ3n) is 3.91. The largest absolute Gasteiger partial charge is 0.488 e. The van der Waals surface area contributed by atoms with Gasteiger partial charge in [-0.1, -0.05) is 42.5 Å². The number of ether oxygens (including phenoxy) is 2. The lowest BCUT2D eigenvalue weighted by molar-refractivity contribution is 0.0469. The molecule has 0 atom stereocenters. The Bertz CT molecular complexity index is 987. The normalized spacial score (nSPS) is 10.4. The molecule has 0 aromatic heterocycles. The fourth-order valence-electron chi connectivity index (χ4n) is 2.49. The van der Waals surface area contributed by atoms with Crippen LogP contribution in [0.5, 0.6) is 5.75 Å². The van der Waals surface area contributed by atoms with Gasteiger partial charge in [0.05, 0.1) is 5.56 Å². The SMILES string of the molecule is O=C(COC(=O)c1ccccc1OCc1ccccc1)c1cc(F)ccc1F. The van der Waals surface area contributed by atoms with Crippen molar-refractivity contribution in [1.29, 1.82) is 0 Å². The van der Waals surface area contributed by atoms with E-state index >= 15 is 0 Å². The molecule has 0 saturated heterocycles. The Morgan fingerprint density at radius 3 is 2.32 bits per heavy atom. The van der Waals surface area contributed by atoms with E-state index in [1.54, 1.807) is 18.2 Å².